The molecule has 0 bridgehead atoms. The maximum absolute atomic E-state index is 13.5. The molecule has 2 atom stereocenters. The predicted molar refractivity (Wildman–Crippen MR) is 131 cm³/mol. The number of benzene rings is 1. The molecular weight excluding hydrogens is 501 g/mol. The minimum atomic E-state index is -0.811. The Labute approximate surface area is 196 Å². The first-order valence-corrected chi connectivity index (χ1v) is 10.8. The summed E-state index contributed by atoms with van der Waals surface area (Å²) in [7, 11) is 0. The van der Waals surface area contributed by atoms with Gasteiger partial charge in [0.05, 0.1) is 0 Å². The lowest BCUT2D eigenvalue weighted by Crippen LogP contribution is -2.40. The van der Waals surface area contributed by atoms with Crippen molar-refractivity contribution in [2.75, 3.05) is 44.2 Å². The molecule has 5 nitrogen and oxygen atoms in total. The lowest BCUT2D eigenvalue weighted by atomic mass is 9.94. The van der Waals surface area contributed by atoms with Crippen LogP contribution in [0.5, 0.6) is 0 Å². The van der Waals surface area contributed by atoms with Crippen LogP contribution in [-0.4, -0.2) is 50.4 Å². The van der Waals surface area contributed by atoms with E-state index in [2.05, 4.69) is 29.4 Å². The quantitative estimate of drug-likeness (QED) is 0.240. The zero-order valence-corrected chi connectivity index (χ0v) is 20.7. The summed E-state index contributed by atoms with van der Waals surface area (Å²) >= 11 is 0. The number of hydrogen-bond donors (Lipinski definition) is 3. The van der Waals surface area contributed by atoms with Gasteiger partial charge in [-0.2, -0.15) is 0 Å². The normalized spacial score (nSPS) is 17.8. The van der Waals surface area contributed by atoms with Gasteiger partial charge in [0.15, 0.2) is 17.6 Å². The second kappa shape index (κ2) is 14.0. The van der Waals surface area contributed by atoms with Crippen LogP contribution in [0.3, 0.4) is 0 Å². The number of guanidine groups is 1. The summed E-state index contributed by atoms with van der Waals surface area (Å²) in [5, 5.41) is 16.0. The van der Waals surface area contributed by atoms with Crippen molar-refractivity contribution in [1.29, 1.82) is 0 Å². The van der Waals surface area contributed by atoms with Gasteiger partial charge in [-0.1, -0.05) is 13.8 Å². The molecule has 1 aliphatic heterocycles. The van der Waals surface area contributed by atoms with Gasteiger partial charge in [0, 0.05) is 51.1 Å². The highest BCUT2D eigenvalue weighted by atomic mass is 127. The first kappa shape index (κ1) is 26.9. The van der Waals surface area contributed by atoms with Gasteiger partial charge in [-0.25, -0.2) is 8.78 Å². The van der Waals surface area contributed by atoms with E-state index in [1.54, 1.807) is 6.07 Å². The van der Waals surface area contributed by atoms with Crippen molar-refractivity contribution < 1.29 is 13.9 Å². The van der Waals surface area contributed by atoms with Crippen molar-refractivity contribution >= 4 is 35.6 Å². The molecule has 8 heteroatoms. The van der Waals surface area contributed by atoms with Crippen LogP contribution in [0.4, 0.5) is 14.5 Å². The molecule has 0 amide bonds. The zero-order valence-electron chi connectivity index (χ0n) is 18.3. The Morgan fingerprint density at radius 3 is 2.67 bits per heavy atom. The van der Waals surface area contributed by atoms with Crippen molar-refractivity contribution in [3.8, 4) is 0 Å². The van der Waals surface area contributed by atoms with E-state index < -0.39 is 11.6 Å². The second-order valence-electron chi connectivity index (χ2n) is 8.31. The third-order valence-corrected chi connectivity index (χ3v) is 5.31. The summed E-state index contributed by atoms with van der Waals surface area (Å²) in [5.41, 5.74) is 0.729. The molecule has 0 saturated carbocycles. The lowest BCUT2D eigenvalue weighted by molar-refractivity contribution is 0.245. The topological polar surface area (TPSA) is 59.9 Å². The summed E-state index contributed by atoms with van der Waals surface area (Å²) in [6, 6.07) is 4.09. The van der Waals surface area contributed by atoms with Crippen molar-refractivity contribution in [2.45, 2.75) is 40.0 Å². The predicted octanol–water partition coefficient (Wildman–Crippen LogP) is 4.01. The number of hydrogen-bond acceptors (Lipinski definition) is 3. The van der Waals surface area contributed by atoms with E-state index in [1.165, 1.54) is 12.1 Å². The van der Waals surface area contributed by atoms with Crippen LogP contribution in [0.15, 0.2) is 23.2 Å². The molecular formula is C22H37F2IN4O. The molecule has 0 spiro atoms. The molecule has 1 aromatic rings. The van der Waals surface area contributed by atoms with E-state index in [0.29, 0.717) is 24.3 Å². The molecule has 1 fully saturated rings. The number of aliphatic hydroxyl groups excluding tert-OH is 1. The fourth-order valence-corrected chi connectivity index (χ4v) is 3.85. The summed E-state index contributed by atoms with van der Waals surface area (Å²) in [6.45, 7) is 10.5. The highest BCUT2D eigenvalue weighted by Crippen LogP contribution is 2.25. The maximum atomic E-state index is 13.5. The molecule has 172 valence electrons. The average Bonchev–Trinajstić information content (AvgIpc) is 3.15. The Morgan fingerprint density at radius 2 is 2.03 bits per heavy atom. The van der Waals surface area contributed by atoms with Crippen LogP contribution in [0.25, 0.3) is 0 Å². The molecule has 1 saturated heterocycles. The van der Waals surface area contributed by atoms with E-state index in [9.17, 15) is 13.9 Å². The molecule has 0 aromatic heterocycles. The molecule has 0 radical (unpaired) electrons. The Morgan fingerprint density at radius 1 is 1.27 bits per heavy atom. The summed E-state index contributed by atoms with van der Waals surface area (Å²) in [4.78, 5) is 6.82. The molecule has 30 heavy (non-hydrogen) atoms. The monoisotopic (exact) mass is 538 g/mol. The number of nitrogens with one attached hydrogen (secondary N) is 2. The molecule has 3 N–H and O–H groups in total. The Hall–Kier alpha value is -1.16. The van der Waals surface area contributed by atoms with Crippen LogP contribution in [0.1, 0.15) is 40.0 Å². The first-order chi connectivity index (χ1) is 13.9. The van der Waals surface area contributed by atoms with E-state index in [1.807, 2.05) is 6.92 Å². The number of anilines is 1. The molecule has 2 unspecified atom stereocenters. The van der Waals surface area contributed by atoms with E-state index in [0.717, 1.165) is 57.1 Å². The van der Waals surface area contributed by atoms with E-state index in [4.69, 9.17) is 4.99 Å². The summed E-state index contributed by atoms with van der Waals surface area (Å²) in [5.74, 6) is 0.560. The number of aliphatic hydroxyl groups is 1. The molecule has 1 heterocycles. The summed E-state index contributed by atoms with van der Waals surface area (Å²) in [6.07, 6.45) is 2.81. The van der Waals surface area contributed by atoms with Crippen LogP contribution < -0.4 is 15.5 Å². The highest BCUT2D eigenvalue weighted by molar-refractivity contribution is 14.0. The van der Waals surface area contributed by atoms with E-state index in [-0.39, 0.29) is 30.6 Å². The zero-order chi connectivity index (χ0) is 21.2. The van der Waals surface area contributed by atoms with Gasteiger partial charge in [0.25, 0.3) is 0 Å². The van der Waals surface area contributed by atoms with E-state index >= 15 is 0 Å². The fraction of sp³-hybridized carbons (Fsp3) is 0.682. The number of nitrogens with zero attached hydrogens (tertiary/aromatic N) is 2. The third kappa shape index (κ3) is 8.91. The average molecular weight is 538 g/mol. The fourth-order valence-electron chi connectivity index (χ4n) is 3.85. The largest absolute Gasteiger partial charge is 0.396 e. The van der Waals surface area contributed by atoms with Crippen molar-refractivity contribution in [1.82, 2.24) is 10.6 Å². The molecule has 2 rings (SSSR count). The van der Waals surface area contributed by atoms with Crippen molar-refractivity contribution in [3.05, 3.63) is 29.8 Å². The highest BCUT2D eigenvalue weighted by Gasteiger charge is 2.23. The van der Waals surface area contributed by atoms with Gasteiger partial charge >= 0.3 is 0 Å². The standard InChI is InChI=1S/C22H36F2N4O.HI/c1-4-25-22(26-13-17(8-10-29)11-16(2)3)27-14-18-7-9-28(15-18)19-5-6-20(23)21(24)12-19;/h5-6,12,16-18,29H,4,7-11,13-15H2,1-3H3,(H2,25,26,27);1H. The number of halogens is 3. The Bertz CT molecular complexity index is 660. The van der Waals surface area contributed by atoms with Gasteiger partial charge < -0.3 is 20.6 Å². The molecule has 1 aromatic carbocycles. The second-order valence-corrected chi connectivity index (χ2v) is 8.31. The Kier molecular flexibility index (Phi) is 12.5. The maximum Gasteiger partial charge on any atom is 0.191 e. The van der Waals surface area contributed by atoms with Crippen molar-refractivity contribution in [2.24, 2.45) is 22.7 Å². The number of aliphatic imine (C=N–C) groups is 1. The first-order valence-electron chi connectivity index (χ1n) is 10.8. The van der Waals surface area contributed by atoms with Gasteiger partial charge in [-0.3, -0.25) is 4.99 Å². The van der Waals surface area contributed by atoms with Gasteiger partial charge in [-0.15, -0.1) is 24.0 Å². The minimum absolute atomic E-state index is 0. The van der Waals surface area contributed by atoms with Gasteiger partial charge in [0.2, 0.25) is 0 Å². The van der Waals surface area contributed by atoms with Crippen LogP contribution in [0, 0.1) is 29.4 Å². The third-order valence-electron chi connectivity index (χ3n) is 5.31. The van der Waals surface area contributed by atoms with Crippen molar-refractivity contribution in [3.63, 3.8) is 0 Å². The summed E-state index contributed by atoms with van der Waals surface area (Å²) < 4.78 is 26.7. The van der Waals surface area contributed by atoms with Crippen LogP contribution in [-0.2, 0) is 0 Å². The molecule has 1 aliphatic rings. The van der Waals surface area contributed by atoms with Crippen LogP contribution >= 0.6 is 24.0 Å². The number of rotatable bonds is 10. The lowest BCUT2D eigenvalue weighted by Gasteiger charge is -2.20. The SMILES string of the molecule is CCNC(=NCC(CCO)CC(C)C)NCC1CCN(c2ccc(F)c(F)c2)C1.I. The minimum Gasteiger partial charge on any atom is -0.396 e. The van der Waals surface area contributed by atoms with Gasteiger partial charge in [0.1, 0.15) is 0 Å². The Balaban J connectivity index is 0.00000450. The van der Waals surface area contributed by atoms with Crippen LogP contribution in [0.2, 0.25) is 0 Å². The van der Waals surface area contributed by atoms with Gasteiger partial charge in [-0.05, 0) is 56.1 Å². The smallest absolute Gasteiger partial charge is 0.191 e. The molecule has 0 aliphatic carbocycles.